The predicted molar refractivity (Wildman–Crippen MR) is 62.9 cm³/mol. The molecular weight excluding hydrogens is 250 g/mol. The third kappa shape index (κ3) is 3.77. The summed E-state index contributed by atoms with van der Waals surface area (Å²) in [5.41, 5.74) is 0. The minimum absolute atomic E-state index is 0.160. The largest absolute Gasteiger partial charge is 0.284 e. The molecule has 1 atom stereocenters. The molecule has 1 unspecified atom stereocenters. The number of sulfonamides is 1. The lowest BCUT2D eigenvalue weighted by Gasteiger charge is -2.13. The Labute approximate surface area is 101 Å². The molecule has 92 valence electrons. The van der Waals surface area contributed by atoms with Crippen molar-refractivity contribution >= 4 is 21.6 Å². The number of aromatic amines is 1. The van der Waals surface area contributed by atoms with E-state index in [0.29, 0.717) is 12.4 Å². The number of aromatic nitrogens is 2. The maximum Gasteiger partial charge on any atom is 0.243 e. The highest BCUT2D eigenvalue weighted by molar-refractivity contribution is 7.89. The van der Waals surface area contributed by atoms with Gasteiger partial charge in [-0.1, -0.05) is 13.3 Å². The molecule has 0 radical (unpaired) electrons. The van der Waals surface area contributed by atoms with Crippen molar-refractivity contribution in [3.8, 4) is 0 Å². The molecule has 1 rings (SSSR count). The van der Waals surface area contributed by atoms with Crippen molar-refractivity contribution in [1.82, 2.24) is 14.9 Å². The molecule has 5 nitrogen and oxygen atoms in total. The second-order valence-electron chi connectivity index (χ2n) is 3.54. The van der Waals surface area contributed by atoms with Crippen LogP contribution in [0.15, 0.2) is 17.3 Å². The number of hydrogen-bond acceptors (Lipinski definition) is 3. The molecule has 2 N–H and O–H groups in total. The number of nitrogens with zero attached hydrogens (tertiary/aromatic N) is 1. The Morgan fingerprint density at radius 3 is 2.88 bits per heavy atom. The van der Waals surface area contributed by atoms with Crippen LogP contribution in [0, 0.1) is 5.92 Å². The van der Waals surface area contributed by atoms with Gasteiger partial charge in [0, 0.05) is 18.6 Å². The summed E-state index contributed by atoms with van der Waals surface area (Å²) in [7, 11) is -3.43. The van der Waals surface area contributed by atoms with Crippen molar-refractivity contribution < 1.29 is 8.42 Å². The highest BCUT2D eigenvalue weighted by atomic mass is 35.5. The van der Waals surface area contributed by atoms with E-state index in [1.54, 1.807) is 0 Å². The smallest absolute Gasteiger partial charge is 0.243 e. The Kier molecular flexibility index (Phi) is 5.24. The summed E-state index contributed by atoms with van der Waals surface area (Å²) >= 11 is 5.63. The number of H-pyrrole nitrogens is 1. The average molecular weight is 266 g/mol. The predicted octanol–water partition coefficient (Wildman–Crippen LogP) is 1.34. The second kappa shape index (κ2) is 6.22. The first-order valence-corrected chi connectivity index (χ1v) is 7.16. The molecule has 0 aliphatic heterocycles. The van der Waals surface area contributed by atoms with E-state index < -0.39 is 10.0 Å². The molecule has 0 fully saturated rings. The van der Waals surface area contributed by atoms with Crippen molar-refractivity contribution in [3.63, 3.8) is 0 Å². The summed E-state index contributed by atoms with van der Waals surface area (Å²) in [6, 6.07) is 0. The molecule has 0 aromatic carbocycles. The van der Waals surface area contributed by atoms with E-state index in [2.05, 4.69) is 14.9 Å². The number of halogens is 1. The lowest BCUT2D eigenvalue weighted by Crippen LogP contribution is -2.29. The quantitative estimate of drug-likeness (QED) is 0.731. The van der Waals surface area contributed by atoms with Gasteiger partial charge in [-0.3, -0.25) is 5.10 Å². The van der Waals surface area contributed by atoms with E-state index in [4.69, 9.17) is 11.6 Å². The third-order valence-corrected chi connectivity index (χ3v) is 4.05. The molecule has 0 spiro atoms. The fourth-order valence-electron chi connectivity index (χ4n) is 1.30. The lowest BCUT2D eigenvalue weighted by atomic mass is 10.0. The van der Waals surface area contributed by atoms with Gasteiger partial charge in [0.2, 0.25) is 10.0 Å². The van der Waals surface area contributed by atoms with Gasteiger partial charge in [-0.25, -0.2) is 13.1 Å². The normalized spacial score (nSPS) is 13.9. The Morgan fingerprint density at radius 2 is 2.38 bits per heavy atom. The zero-order valence-corrected chi connectivity index (χ0v) is 10.7. The first-order chi connectivity index (χ1) is 7.60. The van der Waals surface area contributed by atoms with Crippen molar-refractivity contribution in [3.05, 3.63) is 12.4 Å². The summed E-state index contributed by atoms with van der Waals surface area (Å²) in [6.45, 7) is 2.43. The first-order valence-electron chi connectivity index (χ1n) is 5.14. The van der Waals surface area contributed by atoms with Crippen molar-refractivity contribution in [2.45, 2.75) is 24.7 Å². The van der Waals surface area contributed by atoms with Gasteiger partial charge in [0.1, 0.15) is 4.90 Å². The maximum absolute atomic E-state index is 11.7. The first kappa shape index (κ1) is 13.5. The van der Waals surface area contributed by atoms with Gasteiger partial charge < -0.3 is 0 Å². The lowest BCUT2D eigenvalue weighted by molar-refractivity contribution is 0.481. The second-order valence-corrected chi connectivity index (χ2v) is 5.68. The van der Waals surface area contributed by atoms with Crippen LogP contribution in [0.1, 0.15) is 19.8 Å². The zero-order valence-electron chi connectivity index (χ0n) is 9.11. The van der Waals surface area contributed by atoms with Crippen molar-refractivity contribution in [1.29, 1.82) is 0 Å². The molecule has 0 aliphatic rings. The van der Waals surface area contributed by atoms with Gasteiger partial charge in [0.25, 0.3) is 0 Å². The van der Waals surface area contributed by atoms with Crippen LogP contribution in [0.5, 0.6) is 0 Å². The molecule has 0 amide bonds. The number of rotatable bonds is 7. The molecule has 1 heterocycles. The molecule has 0 saturated heterocycles. The van der Waals surface area contributed by atoms with Gasteiger partial charge >= 0.3 is 0 Å². The average Bonchev–Trinajstić information content (AvgIpc) is 2.78. The van der Waals surface area contributed by atoms with Crippen LogP contribution in [0.2, 0.25) is 0 Å². The van der Waals surface area contributed by atoms with E-state index in [9.17, 15) is 8.42 Å². The standard InChI is InChI=1S/C9H16ClN3O2S/c1-2-8(3-4-10)5-13-16(14,15)9-6-11-12-7-9/h6-8,13H,2-5H2,1H3,(H,11,12). The van der Waals surface area contributed by atoms with E-state index in [0.717, 1.165) is 12.8 Å². The van der Waals surface area contributed by atoms with Gasteiger partial charge in [0.05, 0.1) is 6.20 Å². The van der Waals surface area contributed by atoms with Crippen molar-refractivity contribution in [2.24, 2.45) is 5.92 Å². The van der Waals surface area contributed by atoms with Crippen molar-refractivity contribution in [2.75, 3.05) is 12.4 Å². The van der Waals surface area contributed by atoms with Gasteiger partial charge in [0.15, 0.2) is 0 Å². The third-order valence-electron chi connectivity index (χ3n) is 2.44. The van der Waals surface area contributed by atoms with Crippen LogP contribution in [0.3, 0.4) is 0 Å². The molecule has 7 heteroatoms. The Morgan fingerprint density at radius 1 is 1.62 bits per heavy atom. The Bertz CT molecular complexity index is 391. The Hall–Kier alpha value is -0.590. The summed E-state index contributed by atoms with van der Waals surface area (Å²) in [4.78, 5) is 0.160. The molecule has 0 bridgehead atoms. The molecule has 0 aliphatic carbocycles. The van der Waals surface area contributed by atoms with Crippen LogP contribution >= 0.6 is 11.6 Å². The number of nitrogens with one attached hydrogen (secondary N) is 2. The monoisotopic (exact) mass is 265 g/mol. The van der Waals surface area contributed by atoms with Crippen LogP contribution in [-0.4, -0.2) is 31.0 Å². The van der Waals surface area contributed by atoms with E-state index >= 15 is 0 Å². The molecule has 1 aromatic rings. The molecule has 1 aromatic heterocycles. The van der Waals surface area contributed by atoms with E-state index in [-0.39, 0.29) is 10.8 Å². The molecular formula is C9H16ClN3O2S. The fraction of sp³-hybridized carbons (Fsp3) is 0.667. The number of alkyl halides is 1. The minimum atomic E-state index is -3.43. The van der Waals surface area contributed by atoms with Gasteiger partial charge in [-0.2, -0.15) is 5.10 Å². The zero-order chi connectivity index (χ0) is 12.0. The topological polar surface area (TPSA) is 74.8 Å². The fourth-order valence-corrected chi connectivity index (χ4v) is 2.63. The van der Waals surface area contributed by atoms with Crippen LogP contribution in [-0.2, 0) is 10.0 Å². The summed E-state index contributed by atoms with van der Waals surface area (Å²) < 4.78 is 26.0. The highest BCUT2D eigenvalue weighted by Gasteiger charge is 2.16. The van der Waals surface area contributed by atoms with Crippen LogP contribution in [0.25, 0.3) is 0 Å². The minimum Gasteiger partial charge on any atom is -0.284 e. The summed E-state index contributed by atoms with van der Waals surface area (Å²) in [6.07, 6.45) is 4.35. The Balaban J connectivity index is 2.54. The van der Waals surface area contributed by atoms with E-state index in [1.165, 1.54) is 12.4 Å². The summed E-state index contributed by atoms with van der Waals surface area (Å²) in [5, 5.41) is 6.08. The SMILES string of the molecule is CCC(CCCl)CNS(=O)(=O)c1cn[nH]c1. The molecule has 16 heavy (non-hydrogen) atoms. The van der Waals surface area contributed by atoms with Gasteiger partial charge in [-0.15, -0.1) is 11.6 Å². The van der Waals surface area contributed by atoms with E-state index in [1.807, 2.05) is 6.92 Å². The number of hydrogen-bond donors (Lipinski definition) is 2. The maximum atomic E-state index is 11.7. The molecule has 0 saturated carbocycles. The highest BCUT2D eigenvalue weighted by Crippen LogP contribution is 2.10. The van der Waals surface area contributed by atoms with Crippen LogP contribution < -0.4 is 4.72 Å². The van der Waals surface area contributed by atoms with Crippen LogP contribution in [0.4, 0.5) is 0 Å². The van der Waals surface area contributed by atoms with Gasteiger partial charge in [-0.05, 0) is 12.3 Å². The summed E-state index contributed by atoms with van der Waals surface area (Å²) in [5.74, 6) is 0.825.